The summed E-state index contributed by atoms with van der Waals surface area (Å²) in [6, 6.07) is 0. The second-order valence-corrected chi connectivity index (χ2v) is 3.30. The predicted molar refractivity (Wildman–Crippen MR) is 45.7 cm³/mol. The molecule has 1 rings (SSSR count). The molecule has 0 spiro atoms. The maximum Gasteiger partial charge on any atom is 0.163 e. The third kappa shape index (κ3) is 2.93. The standard InChI is InChI=1S/C9H16O3/c1-9(2)11-7-5-8(12-9)4-3-6-10/h3-4,8,10H,5-7H2,1-2H3/b4-3-/t8-/m1/s1. The van der Waals surface area contributed by atoms with Gasteiger partial charge in [-0.25, -0.2) is 0 Å². The van der Waals surface area contributed by atoms with Crippen LogP contribution in [0.15, 0.2) is 12.2 Å². The van der Waals surface area contributed by atoms with Crippen molar-refractivity contribution < 1.29 is 14.6 Å². The van der Waals surface area contributed by atoms with Crippen LogP contribution in [0.3, 0.4) is 0 Å². The Morgan fingerprint density at radius 1 is 1.58 bits per heavy atom. The average molecular weight is 172 g/mol. The minimum absolute atomic E-state index is 0.0706. The molecule has 0 radical (unpaired) electrons. The fourth-order valence-corrected chi connectivity index (χ4v) is 1.23. The van der Waals surface area contributed by atoms with Crippen LogP contribution in [0.1, 0.15) is 20.3 Å². The Morgan fingerprint density at radius 3 is 2.92 bits per heavy atom. The van der Waals surface area contributed by atoms with Crippen LogP contribution in [0.4, 0.5) is 0 Å². The Kier molecular flexibility index (Phi) is 3.26. The molecule has 1 N–H and O–H groups in total. The van der Waals surface area contributed by atoms with Crippen molar-refractivity contribution in [3.63, 3.8) is 0 Å². The van der Waals surface area contributed by atoms with Crippen LogP contribution in [-0.2, 0) is 9.47 Å². The molecular formula is C9H16O3. The second-order valence-electron chi connectivity index (χ2n) is 3.30. The van der Waals surface area contributed by atoms with Crippen molar-refractivity contribution in [1.82, 2.24) is 0 Å². The summed E-state index contributed by atoms with van der Waals surface area (Å²) in [5.74, 6) is -0.483. The number of ether oxygens (including phenoxy) is 2. The van der Waals surface area contributed by atoms with E-state index < -0.39 is 5.79 Å². The van der Waals surface area contributed by atoms with E-state index in [1.165, 1.54) is 0 Å². The van der Waals surface area contributed by atoms with Gasteiger partial charge in [0.25, 0.3) is 0 Å². The van der Waals surface area contributed by atoms with Crippen molar-refractivity contribution in [3.8, 4) is 0 Å². The molecular weight excluding hydrogens is 156 g/mol. The summed E-state index contributed by atoms with van der Waals surface area (Å²) in [5, 5.41) is 8.55. The normalized spacial score (nSPS) is 29.4. The zero-order valence-electron chi connectivity index (χ0n) is 7.62. The van der Waals surface area contributed by atoms with E-state index in [4.69, 9.17) is 14.6 Å². The average Bonchev–Trinajstić information content (AvgIpc) is 1.99. The Hall–Kier alpha value is -0.380. The van der Waals surface area contributed by atoms with Crippen LogP contribution in [0.2, 0.25) is 0 Å². The Morgan fingerprint density at radius 2 is 2.33 bits per heavy atom. The molecule has 0 saturated carbocycles. The highest BCUT2D eigenvalue weighted by Crippen LogP contribution is 2.22. The first kappa shape index (κ1) is 9.71. The van der Waals surface area contributed by atoms with Gasteiger partial charge in [-0.15, -0.1) is 0 Å². The van der Waals surface area contributed by atoms with Gasteiger partial charge in [-0.1, -0.05) is 12.2 Å². The Bertz CT molecular complexity index is 163. The summed E-state index contributed by atoms with van der Waals surface area (Å²) < 4.78 is 10.9. The van der Waals surface area contributed by atoms with Crippen molar-refractivity contribution >= 4 is 0 Å². The highest BCUT2D eigenvalue weighted by Gasteiger charge is 2.27. The van der Waals surface area contributed by atoms with E-state index in [1.807, 2.05) is 19.9 Å². The molecule has 12 heavy (non-hydrogen) atoms. The molecule has 70 valence electrons. The number of hydrogen-bond acceptors (Lipinski definition) is 3. The summed E-state index contributed by atoms with van der Waals surface area (Å²) >= 11 is 0. The Labute approximate surface area is 73.0 Å². The molecule has 0 aromatic heterocycles. The first-order chi connectivity index (χ1) is 5.64. The molecule has 1 saturated heterocycles. The summed E-state index contributed by atoms with van der Waals surface area (Å²) in [4.78, 5) is 0. The summed E-state index contributed by atoms with van der Waals surface area (Å²) in [6.45, 7) is 4.58. The third-order valence-electron chi connectivity index (χ3n) is 1.74. The fraction of sp³-hybridized carbons (Fsp3) is 0.778. The number of aliphatic hydroxyl groups excluding tert-OH is 1. The van der Waals surface area contributed by atoms with Crippen molar-refractivity contribution in [3.05, 3.63) is 12.2 Å². The molecule has 1 fully saturated rings. The van der Waals surface area contributed by atoms with Gasteiger partial charge in [0, 0.05) is 6.42 Å². The minimum atomic E-state index is -0.483. The number of rotatable bonds is 2. The lowest BCUT2D eigenvalue weighted by atomic mass is 10.2. The van der Waals surface area contributed by atoms with Crippen LogP contribution in [0.25, 0.3) is 0 Å². The maximum atomic E-state index is 8.55. The largest absolute Gasteiger partial charge is 0.392 e. The van der Waals surface area contributed by atoms with Crippen molar-refractivity contribution in [2.45, 2.75) is 32.2 Å². The van der Waals surface area contributed by atoms with Gasteiger partial charge >= 0.3 is 0 Å². The molecule has 1 atom stereocenters. The van der Waals surface area contributed by atoms with E-state index in [-0.39, 0.29) is 12.7 Å². The van der Waals surface area contributed by atoms with E-state index in [9.17, 15) is 0 Å². The van der Waals surface area contributed by atoms with Gasteiger partial charge in [0.15, 0.2) is 5.79 Å². The van der Waals surface area contributed by atoms with Crippen LogP contribution in [0, 0.1) is 0 Å². The fourth-order valence-electron chi connectivity index (χ4n) is 1.23. The molecule has 3 nitrogen and oxygen atoms in total. The van der Waals surface area contributed by atoms with Crippen LogP contribution >= 0.6 is 0 Å². The number of aliphatic hydroxyl groups is 1. The first-order valence-corrected chi connectivity index (χ1v) is 4.23. The van der Waals surface area contributed by atoms with Gasteiger partial charge in [-0.3, -0.25) is 0 Å². The van der Waals surface area contributed by atoms with Crippen molar-refractivity contribution in [2.24, 2.45) is 0 Å². The second kappa shape index (κ2) is 4.03. The zero-order chi connectivity index (χ0) is 9.03. The molecule has 0 unspecified atom stereocenters. The molecule has 0 aromatic rings. The van der Waals surface area contributed by atoms with Gasteiger partial charge in [0.05, 0.1) is 19.3 Å². The van der Waals surface area contributed by atoms with Gasteiger partial charge in [-0.05, 0) is 13.8 Å². The molecule has 3 heteroatoms. The lowest BCUT2D eigenvalue weighted by molar-refractivity contribution is -0.262. The third-order valence-corrected chi connectivity index (χ3v) is 1.74. The van der Waals surface area contributed by atoms with Gasteiger partial charge < -0.3 is 14.6 Å². The molecule has 1 aliphatic rings. The topological polar surface area (TPSA) is 38.7 Å². The van der Waals surface area contributed by atoms with Crippen molar-refractivity contribution in [1.29, 1.82) is 0 Å². The van der Waals surface area contributed by atoms with Crippen LogP contribution in [-0.4, -0.2) is 30.2 Å². The highest BCUT2D eigenvalue weighted by atomic mass is 16.7. The van der Waals surface area contributed by atoms with E-state index in [1.54, 1.807) is 6.08 Å². The quantitative estimate of drug-likeness (QED) is 0.633. The monoisotopic (exact) mass is 172 g/mol. The van der Waals surface area contributed by atoms with Gasteiger partial charge in [0.1, 0.15) is 0 Å². The van der Waals surface area contributed by atoms with E-state index >= 15 is 0 Å². The molecule has 0 amide bonds. The minimum Gasteiger partial charge on any atom is -0.392 e. The zero-order valence-corrected chi connectivity index (χ0v) is 7.62. The summed E-state index contributed by atoms with van der Waals surface area (Å²) in [6.07, 6.45) is 4.52. The summed E-state index contributed by atoms with van der Waals surface area (Å²) in [7, 11) is 0. The van der Waals surface area contributed by atoms with Crippen molar-refractivity contribution in [2.75, 3.05) is 13.2 Å². The smallest absolute Gasteiger partial charge is 0.163 e. The van der Waals surface area contributed by atoms with E-state index in [0.717, 1.165) is 6.42 Å². The van der Waals surface area contributed by atoms with Gasteiger partial charge in [-0.2, -0.15) is 0 Å². The maximum absolute atomic E-state index is 8.55. The Balaban J connectivity index is 2.41. The van der Waals surface area contributed by atoms with Gasteiger partial charge in [0.2, 0.25) is 0 Å². The molecule has 0 aromatic carbocycles. The lowest BCUT2D eigenvalue weighted by Gasteiger charge is -2.34. The van der Waals surface area contributed by atoms with E-state index in [2.05, 4.69) is 0 Å². The molecule has 0 bridgehead atoms. The predicted octanol–water partition coefficient (Wildman–Crippen LogP) is 1.08. The van der Waals surface area contributed by atoms with Crippen LogP contribution < -0.4 is 0 Å². The SMILES string of the molecule is CC1(C)OCC[C@@H](/C=C\CO)O1. The lowest BCUT2D eigenvalue weighted by Crippen LogP contribution is -2.38. The van der Waals surface area contributed by atoms with Crippen LogP contribution in [0.5, 0.6) is 0 Å². The molecule has 1 aliphatic heterocycles. The van der Waals surface area contributed by atoms with E-state index in [0.29, 0.717) is 6.61 Å². The summed E-state index contributed by atoms with van der Waals surface area (Å²) in [5.41, 5.74) is 0. The molecule has 0 aliphatic carbocycles. The highest BCUT2D eigenvalue weighted by molar-refractivity contribution is 4.91. The number of hydrogen-bond donors (Lipinski definition) is 1. The molecule has 1 heterocycles. The first-order valence-electron chi connectivity index (χ1n) is 4.23.